The van der Waals surface area contributed by atoms with Gasteiger partial charge in [0.15, 0.2) is 5.43 Å². The third-order valence-electron chi connectivity index (χ3n) is 4.22. The number of fused-ring (bicyclic) bond motifs is 1. The maximum Gasteiger partial charge on any atom is 0.194 e. The van der Waals surface area contributed by atoms with Gasteiger partial charge in [-0.1, -0.05) is 24.3 Å². The van der Waals surface area contributed by atoms with Crippen LogP contribution in [0.15, 0.2) is 78.0 Å². The summed E-state index contributed by atoms with van der Waals surface area (Å²) in [6.45, 7) is 1.93. The van der Waals surface area contributed by atoms with E-state index in [1.807, 2.05) is 72.3 Å². The Bertz CT molecular complexity index is 1090. The third-order valence-corrected chi connectivity index (χ3v) is 4.22. The van der Waals surface area contributed by atoms with Crippen LogP contribution >= 0.6 is 0 Å². The van der Waals surface area contributed by atoms with Gasteiger partial charge in [0.2, 0.25) is 0 Å². The predicted molar refractivity (Wildman–Crippen MR) is 99.1 cm³/mol. The van der Waals surface area contributed by atoms with Crippen molar-refractivity contribution in [3.8, 4) is 5.69 Å². The molecule has 3 aromatic heterocycles. The minimum absolute atomic E-state index is 0.0264. The summed E-state index contributed by atoms with van der Waals surface area (Å²) in [7, 11) is 0. The van der Waals surface area contributed by atoms with Gasteiger partial charge < -0.3 is 4.57 Å². The first-order valence-corrected chi connectivity index (χ1v) is 8.18. The van der Waals surface area contributed by atoms with E-state index in [9.17, 15) is 4.79 Å². The number of nitrogens with zero attached hydrogens (tertiary/aromatic N) is 3. The van der Waals surface area contributed by atoms with Crippen molar-refractivity contribution in [2.24, 2.45) is 0 Å². The second-order valence-corrected chi connectivity index (χ2v) is 6.05. The lowest BCUT2D eigenvalue weighted by atomic mass is 10.1. The molecule has 0 aliphatic carbocycles. The third kappa shape index (κ3) is 2.94. The van der Waals surface area contributed by atoms with Crippen LogP contribution in [0.25, 0.3) is 16.7 Å². The van der Waals surface area contributed by atoms with Crippen LogP contribution in [0.2, 0.25) is 0 Å². The van der Waals surface area contributed by atoms with Crippen LogP contribution in [0.4, 0.5) is 0 Å². The van der Waals surface area contributed by atoms with Gasteiger partial charge in [-0.2, -0.15) is 0 Å². The minimum Gasteiger partial charge on any atom is -0.301 e. The van der Waals surface area contributed by atoms with Gasteiger partial charge in [0.25, 0.3) is 0 Å². The van der Waals surface area contributed by atoms with Crippen molar-refractivity contribution in [3.63, 3.8) is 0 Å². The van der Waals surface area contributed by atoms with Crippen molar-refractivity contribution in [1.82, 2.24) is 14.5 Å². The highest BCUT2D eigenvalue weighted by molar-refractivity contribution is 5.77. The van der Waals surface area contributed by atoms with Crippen LogP contribution in [0.3, 0.4) is 0 Å². The van der Waals surface area contributed by atoms with Gasteiger partial charge >= 0.3 is 0 Å². The molecule has 0 bridgehead atoms. The highest BCUT2D eigenvalue weighted by Crippen LogP contribution is 2.18. The van der Waals surface area contributed by atoms with E-state index in [4.69, 9.17) is 0 Å². The molecule has 4 rings (SSSR count). The molecule has 0 spiro atoms. The summed E-state index contributed by atoms with van der Waals surface area (Å²) in [6, 6.07) is 17.6. The summed E-state index contributed by atoms with van der Waals surface area (Å²) < 4.78 is 2.00. The van der Waals surface area contributed by atoms with Gasteiger partial charge in [-0.05, 0) is 42.8 Å². The number of benzene rings is 1. The fourth-order valence-corrected chi connectivity index (χ4v) is 2.99. The lowest BCUT2D eigenvalue weighted by Crippen LogP contribution is -2.15. The fourth-order valence-electron chi connectivity index (χ4n) is 2.99. The molecule has 122 valence electrons. The molecular formula is C21H17N3O. The zero-order valence-electron chi connectivity index (χ0n) is 13.9. The number of hydrogen-bond donors (Lipinski definition) is 0. The van der Waals surface area contributed by atoms with E-state index in [1.54, 1.807) is 12.4 Å². The van der Waals surface area contributed by atoms with Crippen molar-refractivity contribution in [2.45, 2.75) is 13.3 Å². The van der Waals surface area contributed by atoms with Crippen molar-refractivity contribution in [2.75, 3.05) is 0 Å². The number of rotatable bonds is 3. The largest absolute Gasteiger partial charge is 0.301 e. The second kappa shape index (κ2) is 6.32. The van der Waals surface area contributed by atoms with E-state index in [2.05, 4.69) is 9.97 Å². The van der Waals surface area contributed by atoms with Gasteiger partial charge in [-0.15, -0.1) is 0 Å². The van der Waals surface area contributed by atoms with E-state index >= 15 is 0 Å². The Balaban J connectivity index is 1.97. The zero-order chi connectivity index (χ0) is 17.2. The van der Waals surface area contributed by atoms with Crippen LogP contribution in [-0.4, -0.2) is 14.5 Å². The normalized spacial score (nSPS) is 10.9. The zero-order valence-corrected chi connectivity index (χ0v) is 13.9. The van der Waals surface area contributed by atoms with Gasteiger partial charge in [0, 0.05) is 42.0 Å². The number of pyridine rings is 3. The molecule has 0 N–H and O–H groups in total. The maximum absolute atomic E-state index is 13.0. The molecule has 0 fully saturated rings. The van der Waals surface area contributed by atoms with Crippen molar-refractivity contribution >= 4 is 11.0 Å². The highest BCUT2D eigenvalue weighted by Gasteiger charge is 2.12. The summed E-state index contributed by atoms with van der Waals surface area (Å²) >= 11 is 0. The molecule has 0 aliphatic rings. The maximum atomic E-state index is 13.0. The quantitative estimate of drug-likeness (QED) is 0.577. The SMILES string of the molecule is Cc1ccc2c(=O)c(Cc3cccnc3)cn(-c3ccccc3)c2n1. The minimum atomic E-state index is 0.0264. The topological polar surface area (TPSA) is 47.8 Å². The average molecular weight is 327 g/mol. The fraction of sp³-hybridized carbons (Fsp3) is 0.0952. The summed E-state index contributed by atoms with van der Waals surface area (Å²) in [4.78, 5) is 21.7. The molecule has 3 heterocycles. The Morgan fingerprint density at radius 2 is 1.84 bits per heavy atom. The van der Waals surface area contributed by atoms with Gasteiger partial charge in [0.05, 0.1) is 5.39 Å². The Kier molecular flexibility index (Phi) is 3.86. The van der Waals surface area contributed by atoms with Crippen LogP contribution in [0.5, 0.6) is 0 Å². The summed E-state index contributed by atoms with van der Waals surface area (Å²) in [5.41, 5.74) is 4.33. The molecule has 0 saturated carbocycles. The number of aromatic nitrogens is 3. The van der Waals surface area contributed by atoms with E-state index in [-0.39, 0.29) is 5.43 Å². The number of aryl methyl sites for hydroxylation is 1. The molecule has 0 unspecified atom stereocenters. The first-order chi connectivity index (χ1) is 12.2. The van der Waals surface area contributed by atoms with E-state index < -0.39 is 0 Å². The van der Waals surface area contributed by atoms with Gasteiger partial charge in [-0.3, -0.25) is 9.78 Å². The molecule has 4 nitrogen and oxygen atoms in total. The smallest absolute Gasteiger partial charge is 0.194 e. The van der Waals surface area contributed by atoms with E-state index in [1.165, 1.54) is 0 Å². The second-order valence-electron chi connectivity index (χ2n) is 6.05. The van der Waals surface area contributed by atoms with E-state index in [0.717, 1.165) is 22.5 Å². The summed E-state index contributed by atoms with van der Waals surface area (Å²) in [5.74, 6) is 0. The first-order valence-electron chi connectivity index (χ1n) is 8.18. The number of para-hydroxylation sites is 1. The Morgan fingerprint density at radius 3 is 2.60 bits per heavy atom. The molecular weight excluding hydrogens is 310 g/mol. The van der Waals surface area contributed by atoms with Gasteiger partial charge in [-0.25, -0.2) is 4.98 Å². The van der Waals surface area contributed by atoms with Crippen molar-refractivity contribution < 1.29 is 0 Å². The summed E-state index contributed by atoms with van der Waals surface area (Å²) in [5, 5.41) is 0.635. The van der Waals surface area contributed by atoms with E-state index in [0.29, 0.717) is 17.5 Å². The molecule has 0 aliphatic heterocycles. The molecule has 0 amide bonds. The average Bonchev–Trinajstić information content (AvgIpc) is 2.65. The molecule has 4 aromatic rings. The van der Waals surface area contributed by atoms with Crippen LogP contribution < -0.4 is 5.43 Å². The summed E-state index contributed by atoms with van der Waals surface area (Å²) in [6.07, 6.45) is 5.98. The Labute approximate surface area is 145 Å². The lowest BCUT2D eigenvalue weighted by Gasteiger charge is -2.13. The predicted octanol–water partition coefficient (Wildman–Crippen LogP) is 3.68. The standard InChI is InChI=1S/C21H17N3O/c1-15-9-10-19-20(25)17(12-16-6-5-11-22-13-16)14-24(21(19)23-15)18-7-3-2-4-8-18/h2-11,13-14H,12H2,1H3. The Hall–Kier alpha value is -3.27. The molecule has 0 radical (unpaired) electrons. The molecule has 0 atom stereocenters. The van der Waals surface area contributed by atoms with Crippen LogP contribution in [-0.2, 0) is 6.42 Å². The Morgan fingerprint density at radius 1 is 1.00 bits per heavy atom. The first kappa shape index (κ1) is 15.3. The number of hydrogen-bond acceptors (Lipinski definition) is 3. The molecule has 25 heavy (non-hydrogen) atoms. The van der Waals surface area contributed by atoms with Gasteiger partial charge in [0.1, 0.15) is 5.65 Å². The molecule has 1 aromatic carbocycles. The highest BCUT2D eigenvalue weighted by atomic mass is 16.1. The van der Waals surface area contributed by atoms with Crippen molar-refractivity contribution in [1.29, 1.82) is 0 Å². The molecule has 0 saturated heterocycles. The lowest BCUT2D eigenvalue weighted by molar-refractivity contribution is 1.01. The monoisotopic (exact) mass is 327 g/mol. The van der Waals surface area contributed by atoms with Crippen molar-refractivity contribution in [3.05, 3.63) is 100 Å². The van der Waals surface area contributed by atoms with Crippen LogP contribution in [0, 0.1) is 6.92 Å². The van der Waals surface area contributed by atoms with Crippen LogP contribution in [0.1, 0.15) is 16.8 Å². The molecule has 4 heteroatoms.